The van der Waals surface area contributed by atoms with Crippen LogP contribution in [-0.2, 0) is 24.3 Å². The summed E-state index contributed by atoms with van der Waals surface area (Å²) in [7, 11) is 3.66. The van der Waals surface area contributed by atoms with Crippen LogP contribution in [0.4, 0.5) is 10.1 Å². The van der Waals surface area contributed by atoms with Gasteiger partial charge in [0.05, 0.1) is 25.4 Å². The van der Waals surface area contributed by atoms with E-state index in [0.29, 0.717) is 18.6 Å². The minimum Gasteiger partial charge on any atom is -0.394 e. The number of carbonyl (C=O) groups excluding carboxylic acids is 1. The molecular formula is C27H34FN3O3. The molecule has 5 N–H and O–H groups in total. The van der Waals surface area contributed by atoms with E-state index < -0.39 is 5.54 Å². The van der Waals surface area contributed by atoms with Crippen molar-refractivity contribution in [3.05, 3.63) is 101 Å². The number of ether oxygens (including phenoxy) is 1. The number of benzene rings is 3. The predicted octanol–water partition coefficient (Wildman–Crippen LogP) is 3.54. The molecule has 0 saturated carbocycles. The zero-order valence-electron chi connectivity index (χ0n) is 19.8. The second-order valence-electron chi connectivity index (χ2n) is 8.16. The normalized spacial score (nSPS) is 12.3. The summed E-state index contributed by atoms with van der Waals surface area (Å²) in [5, 5.41) is 15.6. The number of anilines is 1. The highest BCUT2D eigenvalue weighted by atomic mass is 19.1. The molecule has 0 fully saturated rings. The van der Waals surface area contributed by atoms with Crippen LogP contribution in [0.1, 0.15) is 27.0 Å². The number of halogens is 1. The van der Waals surface area contributed by atoms with Crippen LogP contribution in [0.5, 0.6) is 0 Å². The fourth-order valence-corrected chi connectivity index (χ4v) is 3.35. The minimum atomic E-state index is -0.838. The van der Waals surface area contributed by atoms with E-state index in [1.54, 1.807) is 31.3 Å². The molecule has 0 aliphatic carbocycles. The van der Waals surface area contributed by atoms with Crippen LogP contribution >= 0.6 is 0 Å². The SMILES string of the molecule is CNCc1ccc(F)cc1.CNc1cc(C=O)cc(COCC(N)(CO)Cc2ccccc2)c1. The Labute approximate surface area is 201 Å². The van der Waals surface area contributed by atoms with Crippen molar-refractivity contribution < 1.29 is 19.0 Å². The van der Waals surface area contributed by atoms with Crippen molar-refractivity contribution in [3.8, 4) is 0 Å². The van der Waals surface area contributed by atoms with Gasteiger partial charge in [0.1, 0.15) is 12.1 Å². The van der Waals surface area contributed by atoms with Gasteiger partial charge < -0.3 is 26.2 Å². The molecule has 1 atom stereocenters. The lowest BCUT2D eigenvalue weighted by Gasteiger charge is -2.27. The number of nitrogens with one attached hydrogen (secondary N) is 2. The largest absolute Gasteiger partial charge is 0.394 e. The summed E-state index contributed by atoms with van der Waals surface area (Å²) in [6.45, 7) is 1.17. The average Bonchev–Trinajstić information content (AvgIpc) is 2.86. The summed E-state index contributed by atoms with van der Waals surface area (Å²) in [5.41, 5.74) is 9.90. The first-order valence-corrected chi connectivity index (χ1v) is 11.1. The molecule has 182 valence electrons. The summed E-state index contributed by atoms with van der Waals surface area (Å²) in [6, 6.07) is 21.7. The lowest BCUT2D eigenvalue weighted by atomic mass is 9.93. The molecular weight excluding hydrogens is 433 g/mol. The van der Waals surface area contributed by atoms with Gasteiger partial charge >= 0.3 is 0 Å². The molecule has 0 aliphatic heterocycles. The topological polar surface area (TPSA) is 96.6 Å². The van der Waals surface area contributed by atoms with Crippen LogP contribution in [0.25, 0.3) is 0 Å². The third kappa shape index (κ3) is 9.41. The molecule has 6 nitrogen and oxygen atoms in total. The molecule has 34 heavy (non-hydrogen) atoms. The first kappa shape index (κ1) is 27.1. The minimum absolute atomic E-state index is 0.169. The highest BCUT2D eigenvalue weighted by molar-refractivity contribution is 5.77. The maximum Gasteiger partial charge on any atom is 0.150 e. The van der Waals surface area contributed by atoms with E-state index in [9.17, 15) is 14.3 Å². The van der Waals surface area contributed by atoms with E-state index in [4.69, 9.17) is 10.5 Å². The van der Waals surface area contributed by atoms with Crippen molar-refractivity contribution in [2.24, 2.45) is 5.73 Å². The number of rotatable bonds is 11. The van der Waals surface area contributed by atoms with Crippen LogP contribution in [0, 0.1) is 5.82 Å². The molecule has 1 unspecified atom stereocenters. The molecule has 0 heterocycles. The summed E-state index contributed by atoms with van der Waals surface area (Å²) >= 11 is 0. The number of aliphatic hydroxyl groups excluding tert-OH is 1. The van der Waals surface area contributed by atoms with Gasteiger partial charge in [-0.05, 0) is 60.5 Å². The fourth-order valence-electron chi connectivity index (χ4n) is 3.35. The highest BCUT2D eigenvalue weighted by Gasteiger charge is 2.25. The number of hydrogen-bond acceptors (Lipinski definition) is 6. The van der Waals surface area contributed by atoms with Crippen LogP contribution in [0.15, 0.2) is 72.8 Å². The Bertz CT molecular complexity index is 1000. The Morgan fingerprint density at radius 3 is 2.29 bits per heavy atom. The van der Waals surface area contributed by atoms with Crippen LogP contribution in [0.2, 0.25) is 0 Å². The molecule has 0 spiro atoms. The van der Waals surface area contributed by atoms with Crippen molar-refractivity contribution in [1.29, 1.82) is 0 Å². The van der Waals surface area contributed by atoms with Crippen LogP contribution in [-0.4, -0.2) is 44.2 Å². The van der Waals surface area contributed by atoms with Gasteiger partial charge in [0.2, 0.25) is 0 Å². The van der Waals surface area contributed by atoms with E-state index >= 15 is 0 Å². The van der Waals surface area contributed by atoms with Gasteiger partial charge in [-0.2, -0.15) is 0 Å². The molecule has 0 aromatic heterocycles. The van der Waals surface area contributed by atoms with Gasteiger partial charge in [0, 0.05) is 24.8 Å². The molecule has 7 heteroatoms. The number of aliphatic hydroxyl groups is 1. The number of nitrogens with two attached hydrogens (primary N) is 1. The van der Waals surface area contributed by atoms with Gasteiger partial charge in [0.25, 0.3) is 0 Å². The van der Waals surface area contributed by atoms with E-state index in [2.05, 4.69) is 10.6 Å². The number of hydrogen-bond donors (Lipinski definition) is 4. The summed E-state index contributed by atoms with van der Waals surface area (Å²) in [6.07, 6.45) is 1.33. The second-order valence-corrected chi connectivity index (χ2v) is 8.16. The van der Waals surface area contributed by atoms with E-state index in [1.807, 2.05) is 43.4 Å². The fraction of sp³-hybridized carbons (Fsp3) is 0.296. The Hall–Kier alpha value is -3.10. The molecule has 0 amide bonds. The van der Waals surface area contributed by atoms with Crippen molar-refractivity contribution >= 4 is 12.0 Å². The molecule has 0 radical (unpaired) electrons. The molecule has 3 aromatic carbocycles. The molecule has 0 saturated heterocycles. The van der Waals surface area contributed by atoms with Gasteiger partial charge in [-0.15, -0.1) is 0 Å². The summed E-state index contributed by atoms with van der Waals surface area (Å²) in [5.74, 6) is -0.181. The predicted molar refractivity (Wildman–Crippen MR) is 134 cm³/mol. The highest BCUT2D eigenvalue weighted by Crippen LogP contribution is 2.16. The monoisotopic (exact) mass is 467 g/mol. The summed E-state index contributed by atoms with van der Waals surface area (Å²) < 4.78 is 18.0. The lowest BCUT2D eigenvalue weighted by Crippen LogP contribution is -2.50. The van der Waals surface area contributed by atoms with Gasteiger partial charge in [0.15, 0.2) is 0 Å². The Kier molecular flexibility index (Phi) is 11.4. The Balaban J connectivity index is 0.000000340. The first-order valence-electron chi connectivity index (χ1n) is 11.1. The van der Waals surface area contributed by atoms with Crippen molar-refractivity contribution in [3.63, 3.8) is 0 Å². The van der Waals surface area contributed by atoms with Gasteiger partial charge in [-0.25, -0.2) is 4.39 Å². The molecule has 3 aromatic rings. The molecule has 0 bridgehead atoms. The third-order valence-corrected chi connectivity index (χ3v) is 5.11. The van der Waals surface area contributed by atoms with Crippen LogP contribution in [0.3, 0.4) is 0 Å². The number of aldehydes is 1. The zero-order chi connectivity index (χ0) is 24.8. The quantitative estimate of drug-likeness (QED) is 0.322. The maximum absolute atomic E-state index is 12.3. The van der Waals surface area contributed by atoms with Crippen molar-refractivity contribution in [1.82, 2.24) is 5.32 Å². The lowest BCUT2D eigenvalue weighted by molar-refractivity contribution is 0.0458. The Morgan fingerprint density at radius 1 is 1.00 bits per heavy atom. The molecule has 3 rings (SSSR count). The average molecular weight is 468 g/mol. The maximum atomic E-state index is 12.3. The zero-order valence-corrected chi connectivity index (χ0v) is 19.8. The van der Waals surface area contributed by atoms with Crippen molar-refractivity contribution in [2.75, 3.05) is 32.6 Å². The smallest absolute Gasteiger partial charge is 0.150 e. The van der Waals surface area contributed by atoms with Crippen molar-refractivity contribution in [2.45, 2.75) is 25.1 Å². The molecule has 0 aliphatic rings. The standard InChI is InChI=1S/C19H24N2O3.C8H10FN/c1-21-18-8-16(11-22)7-17(9-18)12-24-14-19(20,13-23)10-15-5-3-2-4-6-15;1-10-6-7-2-4-8(9)5-3-7/h2-9,11,21,23H,10,12-14,20H2,1H3;2-5,10H,6H2,1H3. The third-order valence-electron chi connectivity index (χ3n) is 5.11. The van der Waals surface area contributed by atoms with E-state index in [0.717, 1.165) is 35.2 Å². The second kappa shape index (κ2) is 14.2. The number of carbonyl (C=O) groups is 1. The van der Waals surface area contributed by atoms with Gasteiger partial charge in [-0.1, -0.05) is 42.5 Å². The van der Waals surface area contributed by atoms with Gasteiger partial charge in [-0.3, -0.25) is 4.79 Å². The Morgan fingerprint density at radius 2 is 1.71 bits per heavy atom. The summed E-state index contributed by atoms with van der Waals surface area (Å²) in [4.78, 5) is 11.0. The van der Waals surface area contributed by atoms with Crippen LogP contribution < -0.4 is 16.4 Å². The first-order chi connectivity index (χ1) is 16.4. The van der Waals surface area contributed by atoms with E-state index in [1.165, 1.54) is 12.1 Å². The van der Waals surface area contributed by atoms with E-state index in [-0.39, 0.29) is 19.0 Å².